The molecular formula is C13H10Cl3N3O. The Kier molecular flexibility index (Phi) is 4.60. The van der Waals surface area contributed by atoms with Crippen molar-refractivity contribution >= 4 is 57.9 Å². The highest BCUT2D eigenvalue weighted by molar-refractivity contribution is 6.42. The quantitative estimate of drug-likeness (QED) is 0.687. The Labute approximate surface area is 130 Å². The van der Waals surface area contributed by atoms with Crippen LogP contribution in [-0.2, 0) is 0 Å². The molecule has 4 nitrogen and oxygen atoms in total. The third kappa shape index (κ3) is 3.70. The van der Waals surface area contributed by atoms with Gasteiger partial charge in [0.25, 0.3) is 0 Å². The summed E-state index contributed by atoms with van der Waals surface area (Å²) in [6.45, 7) is 0. The summed E-state index contributed by atoms with van der Waals surface area (Å²) in [5.74, 6) is 0. The van der Waals surface area contributed by atoms with Gasteiger partial charge in [0.2, 0.25) is 0 Å². The van der Waals surface area contributed by atoms with Crippen LogP contribution in [0.2, 0.25) is 15.1 Å². The van der Waals surface area contributed by atoms with Gasteiger partial charge in [0.05, 0.1) is 20.8 Å². The van der Waals surface area contributed by atoms with Gasteiger partial charge >= 0.3 is 6.03 Å². The normalized spacial score (nSPS) is 10.2. The van der Waals surface area contributed by atoms with Crippen LogP contribution in [0, 0.1) is 0 Å². The third-order valence-corrected chi connectivity index (χ3v) is 3.50. The molecule has 2 rings (SSSR count). The minimum Gasteiger partial charge on any atom is -0.398 e. The number of carbonyl (C=O) groups is 1. The maximum absolute atomic E-state index is 11.8. The van der Waals surface area contributed by atoms with Gasteiger partial charge < -0.3 is 16.4 Å². The number of halogens is 3. The van der Waals surface area contributed by atoms with Crippen LogP contribution in [0.25, 0.3) is 0 Å². The van der Waals surface area contributed by atoms with Crippen molar-refractivity contribution in [2.75, 3.05) is 16.4 Å². The summed E-state index contributed by atoms with van der Waals surface area (Å²) < 4.78 is 0. The highest BCUT2D eigenvalue weighted by atomic mass is 35.5. The van der Waals surface area contributed by atoms with Crippen LogP contribution in [-0.4, -0.2) is 6.03 Å². The molecule has 7 heteroatoms. The van der Waals surface area contributed by atoms with E-state index in [1.807, 2.05) is 0 Å². The summed E-state index contributed by atoms with van der Waals surface area (Å²) in [4.78, 5) is 11.8. The van der Waals surface area contributed by atoms with Crippen molar-refractivity contribution in [3.05, 3.63) is 51.5 Å². The van der Waals surface area contributed by atoms with E-state index in [1.54, 1.807) is 36.4 Å². The molecule has 0 aliphatic carbocycles. The first-order valence-electron chi connectivity index (χ1n) is 5.54. The Morgan fingerprint density at radius 3 is 1.95 bits per heavy atom. The minimum atomic E-state index is -0.427. The molecule has 2 amide bonds. The van der Waals surface area contributed by atoms with Crippen molar-refractivity contribution < 1.29 is 4.79 Å². The molecule has 20 heavy (non-hydrogen) atoms. The molecule has 2 aromatic carbocycles. The largest absolute Gasteiger partial charge is 0.398 e. The monoisotopic (exact) mass is 329 g/mol. The van der Waals surface area contributed by atoms with E-state index in [0.29, 0.717) is 32.1 Å². The smallest absolute Gasteiger partial charge is 0.323 e. The summed E-state index contributed by atoms with van der Waals surface area (Å²) in [5.41, 5.74) is 7.09. The molecule has 0 aromatic heterocycles. The van der Waals surface area contributed by atoms with Gasteiger partial charge in [0.1, 0.15) is 0 Å². The van der Waals surface area contributed by atoms with E-state index < -0.39 is 6.03 Å². The number of amides is 2. The van der Waals surface area contributed by atoms with Crippen molar-refractivity contribution in [1.82, 2.24) is 0 Å². The second-order valence-corrected chi connectivity index (χ2v) is 5.17. The lowest BCUT2D eigenvalue weighted by Crippen LogP contribution is -2.19. The van der Waals surface area contributed by atoms with Crippen molar-refractivity contribution in [2.24, 2.45) is 0 Å². The van der Waals surface area contributed by atoms with Gasteiger partial charge in [-0.3, -0.25) is 0 Å². The predicted octanol–water partition coefficient (Wildman–Crippen LogP) is 4.87. The zero-order chi connectivity index (χ0) is 14.7. The fraction of sp³-hybridized carbons (Fsp3) is 0. The lowest BCUT2D eigenvalue weighted by Gasteiger charge is -2.09. The zero-order valence-corrected chi connectivity index (χ0v) is 12.4. The van der Waals surface area contributed by atoms with Gasteiger partial charge in [-0.1, -0.05) is 34.8 Å². The topological polar surface area (TPSA) is 67.1 Å². The first-order valence-corrected chi connectivity index (χ1v) is 6.67. The lowest BCUT2D eigenvalue weighted by molar-refractivity contribution is 0.262. The van der Waals surface area contributed by atoms with Crippen LogP contribution in [0.15, 0.2) is 36.4 Å². The van der Waals surface area contributed by atoms with Crippen LogP contribution >= 0.6 is 34.8 Å². The lowest BCUT2D eigenvalue weighted by atomic mass is 10.3. The van der Waals surface area contributed by atoms with Crippen LogP contribution < -0.4 is 16.4 Å². The molecule has 0 bridgehead atoms. The highest BCUT2D eigenvalue weighted by Crippen LogP contribution is 2.25. The SMILES string of the molecule is Nc1ccc(NC(=O)Nc2ccc(Cl)c(Cl)c2)cc1Cl. The van der Waals surface area contributed by atoms with E-state index in [9.17, 15) is 4.79 Å². The van der Waals surface area contributed by atoms with E-state index in [2.05, 4.69) is 10.6 Å². The molecule has 0 atom stereocenters. The van der Waals surface area contributed by atoms with Gasteiger partial charge in [-0.15, -0.1) is 0 Å². The summed E-state index contributed by atoms with van der Waals surface area (Å²) in [7, 11) is 0. The fourth-order valence-corrected chi connectivity index (χ4v) is 1.95. The minimum absolute atomic E-state index is 0.361. The molecule has 0 heterocycles. The number of hydrogen-bond donors (Lipinski definition) is 3. The first kappa shape index (κ1) is 14.8. The fourth-order valence-electron chi connectivity index (χ4n) is 1.47. The highest BCUT2D eigenvalue weighted by Gasteiger charge is 2.06. The Balaban J connectivity index is 2.04. The first-order chi connectivity index (χ1) is 9.45. The van der Waals surface area contributed by atoms with Gasteiger partial charge in [0, 0.05) is 11.4 Å². The molecule has 0 saturated carbocycles. The Hall–Kier alpha value is -1.62. The van der Waals surface area contributed by atoms with Crippen molar-refractivity contribution in [2.45, 2.75) is 0 Å². The van der Waals surface area contributed by atoms with Crippen molar-refractivity contribution in [3.63, 3.8) is 0 Å². The summed E-state index contributed by atoms with van der Waals surface area (Å²) in [6.07, 6.45) is 0. The van der Waals surface area contributed by atoms with Gasteiger partial charge in [0.15, 0.2) is 0 Å². The molecule has 0 saturated heterocycles. The van der Waals surface area contributed by atoms with Crippen LogP contribution in [0.4, 0.5) is 21.9 Å². The summed E-state index contributed by atoms with van der Waals surface area (Å²) in [6, 6.07) is 9.19. The summed E-state index contributed by atoms with van der Waals surface area (Å²) in [5, 5.41) is 6.40. The Bertz CT molecular complexity index is 606. The maximum atomic E-state index is 11.8. The predicted molar refractivity (Wildman–Crippen MR) is 85.0 cm³/mol. The van der Waals surface area contributed by atoms with Crippen LogP contribution in [0.1, 0.15) is 0 Å². The zero-order valence-electron chi connectivity index (χ0n) is 10.1. The van der Waals surface area contributed by atoms with E-state index in [0.717, 1.165) is 0 Å². The molecule has 0 radical (unpaired) electrons. The van der Waals surface area contributed by atoms with E-state index in [-0.39, 0.29) is 0 Å². The molecule has 0 aliphatic heterocycles. The second kappa shape index (κ2) is 6.22. The number of anilines is 3. The molecule has 0 spiro atoms. The Morgan fingerprint density at radius 2 is 1.40 bits per heavy atom. The number of nitrogens with one attached hydrogen (secondary N) is 2. The van der Waals surface area contributed by atoms with Crippen molar-refractivity contribution in [3.8, 4) is 0 Å². The Morgan fingerprint density at radius 1 is 0.850 bits per heavy atom. The van der Waals surface area contributed by atoms with Gasteiger partial charge in [-0.25, -0.2) is 4.79 Å². The van der Waals surface area contributed by atoms with Crippen LogP contribution in [0.5, 0.6) is 0 Å². The third-order valence-electron chi connectivity index (χ3n) is 2.44. The molecular weight excluding hydrogens is 321 g/mol. The molecule has 0 unspecified atom stereocenters. The van der Waals surface area contributed by atoms with Crippen LogP contribution in [0.3, 0.4) is 0 Å². The molecule has 104 valence electrons. The number of hydrogen-bond acceptors (Lipinski definition) is 2. The molecule has 4 N–H and O–H groups in total. The van der Waals surface area contributed by atoms with E-state index >= 15 is 0 Å². The molecule has 2 aromatic rings. The molecule has 0 fully saturated rings. The number of nitrogens with two attached hydrogens (primary N) is 1. The summed E-state index contributed by atoms with van der Waals surface area (Å²) >= 11 is 17.5. The second-order valence-electron chi connectivity index (χ2n) is 3.94. The molecule has 0 aliphatic rings. The number of carbonyl (C=O) groups excluding carboxylic acids is 1. The average Bonchev–Trinajstić information content (AvgIpc) is 2.38. The van der Waals surface area contributed by atoms with Gasteiger partial charge in [-0.2, -0.15) is 0 Å². The average molecular weight is 331 g/mol. The maximum Gasteiger partial charge on any atom is 0.323 e. The van der Waals surface area contributed by atoms with E-state index in [4.69, 9.17) is 40.5 Å². The number of rotatable bonds is 2. The standard InChI is InChI=1S/C13H10Cl3N3O/c14-9-3-1-7(5-10(9)15)18-13(20)19-8-2-4-12(17)11(16)6-8/h1-6H,17H2,(H2,18,19,20). The number of urea groups is 1. The van der Waals surface area contributed by atoms with Gasteiger partial charge in [-0.05, 0) is 36.4 Å². The number of benzene rings is 2. The van der Waals surface area contributed by atoms with E-state index in [1.165, 1.54) is 0 Å². The van der Waals surface area contributed by atoms with Crippen molar-refractivity contribution in [1.29, 1.82) is 0 Å². The number of nitrogen functional groups attached to an aromatic ring is 1.